The molecular weight excluding hydrogens is 378 g/mol. The second-order valence-corrected chi connectivity index (χ2v) is 6.56. The Morgan fingerprint density at radius 1 is 1.07 bits per heavy atom. The van der Waals surface area contributed by atoms with Crippen LogP contribution >= 0.6 is 0 Å². The van der Waals surface area contributed by atoms with E-state index in [2.05, 4.69) is 0 Å². The van der Waals surface area contributed by atoms with Crippen molar-refractivity contribution >= 4 is 40.5 Å². The molecule has 3 rings (SSSR count). The molecule has 0 spiro atoms. The Hall–Kier alpha value is -3.75. The predicted octanol–water partition coefficient (Wildman–Crippen LogP) is 1.34. The fraction of sp³-hybridized carbons (Fsp3) is 0.250. The lowest BCUT2D eigenvalue weighted by atomic mass is 9.94. The molecule has 1 heterocycles. The number of benzene rings is 2. The summed E-state index contributed by atoms with van der Waals surface area (Å²) < 4.78 is 4.91. The minimum absolute atomic E-state index is 0.0271. The second kappa shape index (κ2) is 8.09. The van der Waals surface area contributed by atoms with Crippen LogP contribution in [0.2, 0.25) is 0 Å². The number of carbonyl (C=O) groups excluding carboxylic acids is 5. The number of esters is 1. The molecule has 0 saturated heterocycles. The summed E-state index contributed by atoms with van der Waals surface area (Å²) in [5.41, 5.74) is 5.71. The van der Waals surface area contributed by atoms with E-state index >= 15 is 0 Å². The predicted molar refractivity (Wildman–Crippen MR) is 102 cm³/mol. The van der Waals surface area contributed by atoms with Crippen molar-refractivity contribution in [3.8, 4) is 0 Å². The molecule has 29 heavy (non-hydrogen) atoms. The first-order valence-electron chi connectivity index (χ1n) is 8.97. The molecule has 1 aliphatic heterocycles. The van der Waals surface area contributed by atoms with Gasteiger partial charge in [0.15, 0.2) is 6.10 Å². The van der Waals surface area contributed by atoms with Crippen LogP contribution in [-0.4, -0.2) is 47.3 Å². The molecule has 2 aromatic rings. The number of primary amides is 1. The molecule has 0 aliphatic carbocycles. The molecule has 3 N–H and O–H groups in total. The maximum Gasteiger partial charge on any atom is 0.318 e. The molecule has 9 nitrogen and oxygen atoms in total. The van der Waals surface area contributed by atoms with Gasteiger partial charge in [-0.1, -0.05) is 24.3 Å². The van der Waals surface area contributed by atoms with Crippen LogP contribution in [0.3, 0.4) is 0 Å². The Morgan fingerprint density at radius 2 is 1.66 bits per heavy atom. The number of hydrogen-bond acceptors (Lipinski definition) is 6. The largest absolute Gasteiger partial charge is 0.453 e. The maximum atomic E-state index is 12.8. The number of hydrogen-bond donors (Lipinski definition) is 2. The third-order valence-electron chi connectivity index (χ3n) is 4.54. The number of nitrogens with zero attached hydrogens (tertiary/aromatic N) is 1. The summed E-state index contributed by atoms with van der Waals surface area (Å²) in [5.74, 6) is -2.36. The minimum atomic E-state index is -1.20. The zero-order chi connectivity index (χ0) is 21.1. The van der Waals surface area contributed by atoms with Crippen molar-refractivity contribution in [2.45, 2.75) is 25.9 Å². The number of nitrogens with one attached hydrogen (secondary N) is 1. The molecule has 1 aliphatic rings. The van der Waals surface area contributed by atoms with Crippen molar-refractivity contribution in [1.82, 2.24) is 10.2 Å². The summed E-state index contributed by atoms with van der Waals surface area (Å²) in [6.07, 6.45) is -1.15. The molecule has 2 aromatic carbocycles. The van der Waals surface area contributed by atoms with Gasteiger partial charge in [0.1, 0.15) is 0 Å². The first-order chi connectivity index (χ1) is 13.8. The molecule has 9 heteroatoms. The number of ether oxygens (including phenoxy) is 1. The number of rotatable bonds is 6. The highest BCUT2D eigenvalue weighted by atomic mass is 16.5. The van der Waals surface area contributed by atoms with Gasteiger partial charge in [-0.2, -0.15) is 0 Å². The summed E-state index contributed by atoms with van der Waals surface area (Å²) in [6, 6.07) is 9.47. The molecule has 0 saturated carbocycles. The van der Waals surface area contributed by atoms with E-state index in [4.69, 9.17) is 10.5 Å². The van der Waals surface area contributed by atoms with Gasteiger partial charge >= 0.3 is 12.0 Å². The summed E-state index contributed by atoms with van der Waals surface area (Å²) in [6.45, 7) is 1.32. The van der Waals surface area contributed by atoms with Crippen LogP contribution in [0.4, 0.5) is 4.79 Å². The van der Waals surface area contributed by atoms with E-state index in [0.717, 1.165) is 10.3 Å². The van der Waals surface area contributed by atoms with Gasteiger partial charge in [-0.25, -0.2) is 4.79 Å². The smallest absolute Gasteiger partial charge is 0.318 e. The molecule has 0 fully saturated rings. The van der Waals surface area contributed by atoms with Crippen molar-refractivity contribution in [1.29, 1.82) is 0 Å². The lowest BCUT2D eigenvalue weighted by Gasteiger charge is -2.27. The maximum absolute atomic E-state index is 12.8. The summed E-state index contributed by atoms with van der Waals surface area (Å²) in [4.78, 5) is 60.7. The van der Waals surface area contributed by atoms with Crippen molar-refractivity contribution in [2.24, 2.45) is 5.73 Å². The topological polar surface area (TPSA) is 136 Å². The van der Waals surface area contributed by atoms with Crippen LogP contribution in [0.5, 0.6) is 0 Å². The number of nitrogens with two attached hydrogens (primary N) is 1. The van der Waals surface area contributed by atoms with E-state index < -0.39 is 35.8 Å². The SMILES string of the molecule is C[C@H](OC(=O)CCCN1C(=O)c2cccc3cccc(c23)C1=O)C(=O)NC(N)=O. The van der Waals surface area contributed by atoms with Crippen LogP contribution in [0, 0.1) is 0 Å². The Bertz CT molecular complexity index is 981. The van der Waals surface area contributed by atoms with Crippen LogP contribution < -0.4 is 11.1 Å². The number of urea groups is 1. The van der Waals surface area contributed by atoms with E-state index in [1.54, 1.807) is 24.3 Å². The highest BCUT2D eigenvalue weighted by molar-refractivity contribution is 6.25. The van der Waals surface area contributed by atoms with Gasteiger partial charge in [0.05, 0.1) is 0 Å². The van der Waals surface area contributed by atoms with Crippen molar-refractivity contribution in [3.05, 3.63) is 47.5 Å². The fourth-order valence-electron chi connectivity index (χ4n) is 3.20. The highest BCUT2D eigenvalue weighted by Crippen LogP contribution is 2.30. The molecule has 0 aromatic heterocycles. The molecule has 0 radical (unpaired) electrons. The van der Waals surface area contributed by atoms with Gasteiger partial charge < -0.3 is 10.5 Å². The van der Waals surface area contributed by atoms with Gasteiger partial charge in [0, 0.05) is 29.5 Å². The van der Waals surface area contributed by atoms with Gasteiger partial charge in [0.2, 0.25) is 0 Å². The molecular formula is C20H19N3O6. The van der Waals surface area contributed by atoms with E-state index in [0.29, 0.717) is 16.5 Å². The Kier molecular flexibility index (Phi) is 5.58. The Morgan fingerprint density at radius 3 is 2.21 bits per heavy atom. The lowest BCUT2D eigenvalue weighted by molar-refractivity contribution is -0.154. The summed E-state index contributed by atoms with van der Waals surface area (Å²) in [7, 11) is 0. The van der Waals surface area contributed by atoms with Crippen molar-refractivity contribution < 1.29 is 28.7 Å². The Labute approximate surface area is 165 Å². The van der Waals surface area contributed by atoms with E-state index in [1.165, 1.54) is 6.92 Å². The molecule has 5 amide bonds. The minimum Gasteiger partial charge on any atom is -0.453 e. The molecule has 1 atom stereocenters. The first kappa shape index (κ1) is 20.0. The average molecular weight is 397 g/mol. The van der Waals surface area contributed by atoms with Gasteiger partial charge in [-0.15, -0.1) is 0 Å². The fourth-order valence-corrected chi connectivity index (χ4v) is 3.20. The van der Waals surface area contributed by atoms with Crippen LogP contribution in [0.15, 0.2) is 36.4 Å². The van der Waals surface area contributed by atoms with Crippen molar-refractivity contribution in [2.75, 3.05) is 6.54 Å². The normalized spacial score (nSPS) is 13.9. The molecule has 0 bridgehead atoms. The van der Waals surface area contributed by atoms with E-state index in [-0.39, 0.29) is 19.4 Å². The summed E-state index contributed by atoms with van der Waals surface area (Å²) in [5, 5.41) is 3.26. The first-order valence-corrected chi connectivity index (χ1v) is 8.97. The zero-order valence-electron chi connectivity index (χ0n) is 15.6. The highest BCUT2D eigenvalue weighted by Gasteiger charge is 2.32. The van der Waals surface area contributed by atoms with E-state index in [9.17, 15) is 24.0 Å². The lowest BCUT2D eigenvalue weighted by Crippen LogP contribution is -2.42. The van der Waals surface area contributed by atoms with Crippen molar-refractivity contribution in [3.63, 3.8) is 0 Å². The number of carbonyl (C=O) groups is 5. The zero-order valence-corrected chi connectivity index (χ0v) is 15.6. The van der Waals surface area contributed by atoms with Gasteiger partial charge in [0.25, 0.3) is 17.7 Å². The third kappa shape index (κ3) is 4.08. The second-order valence-electron chi connectivity index (χ2n) is 6.56. The number of amides is 5. The van der Waals surface area contributed by atoms with Crippen LogP contribution in [0.25, 0.3) is 10.8 Å². The Balaban J connectivity index is 1.61. The van der Waals surface area contributed by atoms with E-state index in [1.807, 2.05) is 17.4 Å². The number of imide groups is 2. The van der Waals surface area contributed by atoms with Gasteiger partial charge in [-0.05, 0) is 30.9 Å². The average Bonchev–Trinajstić information content (AvgIpc) is 2.68. The van der Waals surface area contributed by atoms with Crippen LogP contribution in [0.1, 0.15) is 40.5 Å². The summed E-state index contributed by atoms with van der Waals surface area (Å²) >= 11 is 0. The standard InChI is InChI=1S/C20H19N3O6/c1-11(17(25)22-20(21)28)29-15(24)9-4-10-23-18(26)13-7-2-5-12-6-3-8-14(16(12)13)19(23)27/h2-3,5-8,11H,4,9-10H2,1H3,(H3,21,22,25,28)/t11-/m0/s1. The van der Waals surface area contributed by atoms with Crippen LogP contribution in [-0.2, 0) is 14.3 Å². The molecule has 0 unspecified atom stereocenters. The third-order valence-corrected chi connectivity index (χ3v) is 4.54. The quantitative estimate of drug-likeness (QED) is 0.558. The monoisotopic (exact) mass is 397 g/mol. The van der Waals surface area contributed by atoms with Gasteiger partial charge in [-0.3, -0.25) is 29.4 Å². The molecule has 150 valence electrons.